The summed E-state index contributed by atoms with van der Waals surface area (Å²) in [4.78, 5) is 17.7. The largest absolute Gasteiger partial charge is 0.497 e. The van der Waals surface area contributed by atoms with E-state index in [4.69, 9.17) is 9.47 Å². The van der Waals surface area contributed by atoms with E-state index in [1.807, 2.05) is 23.1 Å². The van der Waals surface area contributed by atoms with E-state index >= 15 is 0 Å². The second kappa shape index (κ2) is 6.66. The summed E-state index contributed by atoms with van der Waals surface area (Å²) in [6.07, 6.45) is 3.65. The second-order valence-electron chi connectivity index (χ2n) is 5.50. The molecule has 122 valence electrons. The molecule has 0 bridgehead atoms. The van der Waals surface area contributed by atoms with E-state index in [9.17, 15) is 4.79 Å². The van der Waals surface area contributed by atoms with Crippen molar-refractivity contribution in [1.29, 1.82) is 0 Å². The molecule has 1 N–H and O–H groups in total. The number of aromatic amines is 1. The van der Waals surface area contributed by atoms with E-state index in [1.165, 1.54) is 0 Å². The van der Waals surface area contributed by atoms with Gasteiger partial charge in [0.25, 0.3) is 5.91 Å². The third-order valence-electron chi connectivity index (χ3n) is 4.19. The number of carbonyl (C=O) groups excluding carboxylic acids is 1. The van der Waals surface area contributed by atoms with Gasteiger partial charge in [0.2, 0.25) is 0 Å². The van der Waals surface area contributed by atoms with Crippen molar-refractivity contribution in [2.45, 2.75) is 18.9 Å². The number of nitrogens with one attached hydrogen (secondary N) is 1. The summed E-state index contributed by atoms with van der Waals surface area (Å²) in [5.74, 6) is 1.55. The molecule has 0 spiro atoms. The average molecular weight is 379 g/mol. The van der Waals surface area contributed by atoms with Crippen molar-refractivity contribution in [2.24, 2.45) is 0 Å². The third-order valence-corrected chi connectivity index (χ3v) is 4.65. The highest BCUT2D eigenvalue weighted by atomic mass is 79.9. The standard InChI is InChI=1S/C17H19BrN2O3/c1-22-12-5-6-16(23-2)13(9-12)15-4-3-7-20(15)17(21)14-8-11(18)10-19-14/h5-6,8-10,15,19H,3-4,7H2,1-2H3. The van der Waals surface area contributed by atoms with Crippen LogP contribution in [0, 0.1) is 0 Å². The van der Waals surface area contributed by atoms with Gasteiger partial charge in [0.05, 0.1) is 20.3 Å². The molecule has 1 atom stereocenters. The van der Waals surface area contributed by atoms with Crippen molar-refractivity contribution < 1.29 is 14.3 Å². The lowest BCUT2D eigenvalue weighted by Gasteiger charge is -2.26. The van der Waals surface area contributed by atoms with Gasteiger partial charge in [-0.3, -0.25) is 4.79 Å². The molecule has 0 saturated carbocycles. The summed E-state index contributed by atoms with van der Waals surface area (Å²) in [5.41, 5.74) is 1.58. The van der Waals surface area contributed by atoms with E-state index in [0.717, 1.165) is 40.9 Å². The first-order chi connectivity index (χ1) is 11.1. The molecular weight excluding hydrogens is 360 g/mol. The van der Waals surface area contributed by atoms with Crippen LogP contribution in [-0.2, 0) is 0 Å². The number of rotatable bonds is 4. The number of benzene rings is 1. The van der Waals surface area contributed by atoms with Crippen molar-refractivity contribution in [2.75, 3.05) is 20.8 Å². The summed E-state index contributed by atoms with van der Waals surface area (Å²) in [7, 11) is 3.29. The zero-order valence-corrected chi connectivity index (χ0v) is 14.7. The Labute approximate surface area is 143 Å². The van der Waals surface area contributed by atoms with Crippen LogP contribution >= 0.6 is 15.9 Å². The molecule has 0 aliphatic carbocycles. The molecule has 5 nitrogen and oxygen atoms in total. The molecule has 23 heavy (non-hydrogen) atoms. The minimum atomic E-state index is -0.00498. The lowest BCUT2D eigenvalue weighted by atomic mass is 10.0. The van der Waals surface area contributed by atoms with Gasteiger partial charge in [0.1, 0.15) is 17.2 Å². The first-order valence-corrected chi connectivity index (χ1v) is 8.30. The van der Waals surface area contributed by atoms with Crippen LogP contribution in [0.3, 0.4) is 0 Å². The predicted molar refractivity (Wildman–Crippen MR) is 91.1 cm³/mol. The zero-order valence-electron chi connectivity index (χ0n) is 13.1. The number of ether oxygens (including phenoxy) is 2. The molecule has 2 heterocycles. The Morgan fingerprint density at radius 1 is 1.30 bits per heavy atom. The van der Waals surface area contributed by atoms with E-state index < -0.39 is 0 Å². The number of aromatic nitrogens is 1. The molecule has 1 aromatic heterocycles. The number of hydrogen-bond donors (Lipinski definition) is 1. The molecule has 2 aromatic rings. The van der Waals surface area contributed by atoms with Crippen LogP contribution in [0.5, 0.6) is 11.5 Å². The molecule has 1 fully saturated rings. The highest BCUT2D eigenvalue weighted by Gasteiger charge is 2.33. The molecule has 3 rings (SSSR count). The summed E-state index contributed by atoms with van der Waals surface area (Å²) in [6.45, 7) is 0.737. The van der Waals surface area contributed by atoms with Crippen molar-refractivity contribution in [3.05, 3.63) is 46.2 Å². The lowest BCUT2D eigenvalue weighted by Crippen LogP contribution is -2.31. The Morgan fingerprint density at radius 3 is 2.78 bits per heavy atom. The molecule has 6 heteroatoms. The number of halogens is 1. The van der Waals surface area contributed by atoms with Gasteiger partial charge in [-0.1, -0.05) is 0 Å². The summed E-state index contributed by atoms with van der Waals surface area (Å²) >= 11 is 3.37. The SMILES string of the molecule is COc1ccc(OC)c(C2CCCN2C(=O)c2cc(Br)c[nH]2)c1. The number of H-pyrrole nitrogens is 1. The van der Waals surface area contributed by atoms with Crippen molar-refractivity contribution in [1.82, 2.24) is 9.88 Å². The number of amides is 1. The zero-order chi connectivity index (χ0) is 16.4. The molecule has 0 radical (unpaired) electrons. The highest BCUT2D eigenvalue weighted by Crippen LogP contribution is 2.39. The van der Waals surface area contributed by atoms with Gasteiger partial charge in [0.15, 0.2) is 0 Å². The molecule has 1 saturated heterocycles. The van der Waals surface area contributed by atoms with Gasteiger partial charge in [-0.15, -0.1) is 0 Å². The summed E-state index contributed by atoms with van der Waals surface area (Å²) in [5, 5.41) is 0. The van der Waals surface area contributed by atoms with Crippen LogP contribution in [0.25, 0.3) is 0 Å². The van der Waals surface area contributed by atoms with Crippen molar-refractivity contribution in [3.8, 4) is 11.5 Å². The van der Waals surface area contributed by atoms with Gasteiger partial charge in [-0.2, -0.15) is 0 Å². The first kappa shape index (κ1) is 15.9. The number of likely N-dealkylation sites (tertiary alicyclic amines) is 1. The molecule has 1 aromatic carbocycles. The lowest BCUT2D eigenvalue weighted by molar-refractivity contribution is 0.0728. The van der Waals surface area contributed by atoms with E-state index in [1.54, 1.807) is 26.5 Å². The fourth-order valence-corrected chi connectivity index (χ4v) is 3.42. The minimum absolute atomic E-state index is 0.00285. The monoisotopic (exact) mass is 378 g/mol. The van der Waals surface area contributed by atoms with E-state index in [0.29, 0.717) is 5.69 Å². The Kier molecular flexibility index (Phi) is 4.61. The molecule has 1 aliphatic rings. The molecule has 1 unspecified atom stereocenters. The van der Waals surface area contributed by atoms with Crippen LogP contribution in [0.2, 0.25) is 0 Å². The van der Waals surface area contributed by atoms with Gasteiger partial charge in [-0.25, -0.2) is 0 Å². The molecule has 1 amide bonds. The Morgan fingerprint density at radius 2 is 2.13 bits per heavy atom. The minimum Gasteiger partial charge on any atom is -0.497 e. The van der Waals surface area contributed by atoms with Crippen LogP contribution in [0.1, 0.15) is 34.9 Å². The quantitative estimate of drug-likeness (QED) is 0.880. The maximum Gasteiger partial charge on any atom is 0.270 e. The fourth-order valence-electron chi connectivity index (χ4n) is 3.08. The Bertz CT molecular complexity index is 714. The topological polar surface area (TPSA) is 54.6 Å². The average Bonchev–Trinajstić information content (AvgIpc) is 3.22. The maximum atomic E-state index is 12.8. The number of methoxy groups -OCH3 is 2. The van der Waals surface area contributed by atoms with Crippen LogP contribution in [0.4, 0.5) is 0 Å². The third kappa shape index (κ3) is 3.08. The Hall–Kier alpha value is -1.95. The number of nitrogens with zero attached hydrogens (tertiary/aromatic N) is 1. The van der Waals surface area contributed by atoms with Crippen molar-refractivity contribution >= 4 is 21.8 Å². The fraction of sp³-hybridized carbons (Fsp3) is 0.353. The van der Waals surface area contributed by atoms with Gasteiger partial charge in [0, 0.05) is 22.8 Å². The summed E-state index contributed by atoms with van der Waals surface area (Å²) < 4.78 is 11.7. The molecule has 1 aliphatic heterocycles. The van der Waals surface area contributed by atoms with E-state index in [-0.39, 0.29) is 11.9 Å². The van der Waals surface area contributed by atoms with Crippen molar-refractivity contribution in [3.63, 3.8) is 0 Å². The second-order valence-corrected chi connectivity index (χ2v) is 6.41. The number of hydrogen-bond acceptors (Lipinski definition) is 3. The number of carbonyl (C=O) groups is 1. The Balaban J connectivity index is 1.94. The maximum absolute atomic E-state index is 12.8. The van der Waals surface area contributed by atoms with Crippen LogP contribution < -0.4 is 9.47 Å². The smallest absolute Gasteiger partial charge is 0.270 e. The van der Waals surface area contributed by atoms with E-state index in [2.05, 4.69) is 20.9 Å². The normalized spacial score (nSPS) is 17.3. The first-order valence-electron chi connectivity index (χ1n) is 7.51. The van der Waals surface area contributed by atoms with Gasteiger partial charge in [-0.05, 0) is 53.0 Å². The molecular formula is C17H19BrN2O3. The van der Waals surface area contributed by atoms with Crippen LogP contribution in [0.15, 0.2) is 34.9 Å². The predicted octanol–water partition coefficient (Wildman–Crippen LogP) is 3.77. The van der Waals surface area contributed by atoms with Crippen LogP contribution in [-0.4, -0.2) is 36.6 Å². The summed E-state index contributed by atoms with van der Waals surface area (Å²) in [6, 6.07) is 7.52. The van der Waals surface area contributed by atoms with Gasteiger partial charge < -0.3 is 19.4 Å². The highest BCUT2D eigenvalue weighted by molar-refractivity contribution is 9.10. The van der Waals surface area contributed by atoms with Gasteiger partial charge >= 0.3 is 0 Å².